The second kappa shape index (κ2) is 8.52. The van der Waals surface area contributed by atoms with Crippen molar-refractivity contribution in [1.82, 2.24) is 0 Å². The van der Waals surface area contributed by atoms with Crippen molar-refractivity contribution in [1.29, 1.82) is 0 Å². The number of rotatable bonds is 2. The van der Waals surface area contributed by atoms with Crippen molar-refractivity contribution in [2.75, 3.05) is 16.9 Å². The summed E-state index contributed by atoms with van der Waals surface area (Å²) in [5.41, 5.74) is 0.593. The number of nitrogens with one attached hydrogen (secondary N) is 1. The summed E-state index contributed by atoms with van der Waals surface area (Å²) in [5, 5.41) is 0. The van der Waals surface area contributed by atoms with Crippen LogP contribution < -0.4 is 4.72 Å². The second-order valence-corrected chi connectivity index (χ2v) is 4.79. The van der Waals surface area contributed by atoms with Gasteiger partial charge in [-0.05, 0) is 12.1 Å². The van der Waals surface area contributed by atoms with Gasteiger partial charge in [-0.3, -0.25) is 4.72 Å². The van der Waals surface area contributed by atoms with Gasteiger partial charge in [0.2, 0.25) is 10.0 Å². The number of hydrogen-bond donors (Lipinski definition) is 1. The summed E-state index contributed by atoms with van der Waals surface area (Å²) in [6.45, 7) is 1.89. The van der Waals surface area contributed by atoms with Gasteiger partial charge in [0.15, 0.2) is 0 Å². The van der Waals surface area contributed by atoms with Gasteiger partial charge in [-0.2, -0.15) is 0 Å². The Labute approximate surface area is 95.6 Å². The van der Waals surface area contributed by atoms with Crippen LogP contribution in [-0.2, 0) is 10.0 Å². The third-order valence-corrected chi connectivity index (χ3v) is 1.68. The van der Waals surface area contributed by atoms with Gasteiger partial charge in [0.05, 0.1) is 6.26 Å². The molecule has 6 heteroatoms. The molecule has 1 aromatic carbocycles. The molecule has 0 aliphatic rings. The lowest BCUT2D eigenvalue weighted by Gasteiger charge is -2.00. The second-order valence-electron chi connectivity index (χ2n) is 2.51. The molecule has 0 spiro atoms. The molecular formula is C9H16ClNO3S. The number of hydrogen-bond acceptors (Lipinski definition) is 2. The van der Waals surface area contributed by atoms with Crippen LogP contribution in [0.5, 0.6) is 0 Å². The van der Waals surface area contributed by atoms with E-state index in [1.165, 1.54) is 0 Å². The zero-order chi connectivity index (χ0) is 11.0. The van der Waals surface area contributed by atoms with Gasteiger partial charge in [-0.1, -0.05) is 25.1 Å². The molecule has 88 valence electrons. The lowest BCUT2D eigenvalue weighted by molar-refractivity contribution is 0.607. The molecule has 0 saturated carbocycles. The highest BCUT2D eigenvalue weighted by molar-refractivity contribution is 7.92. The van der Waals surface area contributed by atoms with E-state index in [9.17, 15) is 8.42 Å². The van der Waals surface area contributed by atoms with Crippen LogP contribution in [-0.4, -0.2) is 26.0 Å². The standard InChI is InChI=1S/C7H9NO2S.C2H5Cl.H2O/c1-11(9,10)8-7-5-3-2-4-6-7;1-2-3;/h2-6,8H,1H3;2H2,1H3;1H2. The highest BCUT2D eigenvalue weighted by Crippen LogP contribution is 2.05. The van der Waals surface area contributed by atoms with Crippen molar-refractivity contribution >= 4 is 27.3 Å². The van der Waals surface area contributed by atoms with E-state index >= 15 is 0 Å². The van der Waals surface area contributed by atoms with Crippen molar-refractivity contribution in [3.05, 3.63) is 30.3 Å². The van der Waals surface area contributed by atoms with Crippen molar-refractivity contribution in [3.8, 4) is 0 Å². The molecule has 3 N–H and O–H groups in total. The summed E-state index contributed by atoms with van der Waals surface area (Å²) in [6.07, 6.45) is 1.12. The minimum absolute atomic E-state index is 0. The molecule has 0 fully saturated rings. The number of alkyl halides is 1. The molecule has 0 atom stereocenters. The maximum Gasteiger partial charge on any atom is 0.229 e. The van der Waals surface area contributed by atoms with Gasteiger partial charge in [-0.15, -0.1) is 11.6 Å². The summed E-state index contributed by atoms with van der Waals surface area (Å²) in [4.78, 5) is 0. The van der Waals surface area contributed by atoms with Gasteiger partial charge in [0.25, 0.3) is 0 Å². The minimum atomic E-state index is -3.13. The monoisotopic (exact) mass is 253 g/mol. The quantitative estimate of drug-likeness (QED) is 0.811. The fourth-order valence-corrected chi connectivity index (χ4v) is 1.28. The lowest BCUT2D eigenvalue weighted by Crippen LogP contribution is -2.08. The highest BCUT2D eigenvalue weighted by Gasteiger charge is 1.98. The van der Waals surface area contributed by atoms with Crippen LogP contribution in [0.3, 0.4) is 0 Å². The number of halogens is 1. The molecule has 0 unspecified atom stereocenters. The molecule has 15 heavy (non-hydrogen) atoms. The molecule has 0 saturated heterocycles. The van der Waals surface area contributed by atoms with E-state index in [0.29, 0.717) is 5.69 Å². The molecule has 0 heterocycles. The zero-order valence-corrected chi connectivity index (χ0v) is 10.3. The van der Waals surface area contributed by atoms with E-state index in [4.69, 9.17) is 11.6 Å². The van der Waals surface area contributed by atoms with Gasteiger partial charge in [0, 0.05) is 11.6 Å². The average Bonchev–Trinajstić information content (AvgIpc) is 2.04. The van der Waals surface area contributed by atoms with Crippen LogP contribution in [0.2, 0.25) is 0 Å². The first-order valence-corrected chi connectivity index (χ1v) is 6.51. The van der Waals surface area contributed by atoms with E-state index in [-0.39, 0.29) is 5.48 Å². The zero-order valence-electron chi connectivity index (χ0n) is 8.70. The van der Waals surface area contributed by atoms with Gasteiger partial charge >= 0.3 is 0 Å². The van der Waals surface area contributed by atoms with Gasteiger partial charge < -0.3 is 5.48 Å². The number of para-hydroxylation sites is 1. The van der Waals surface area contributed by atoms with Crippen molar-refractivity contribution in [3.63, 3.8) is 0 Å². The lowest BCUT2D eigenvalue weighted by atomic mass is 10.3. The first kappa shape index (κ1) is 16.6. The molecule has 0 aliphatic carbocycles. The molecule has 0 aromatic heterocycles. The van der Waals surface area contributed by atoms with Crippen LogP contribution in [0.4, 0.5) is 5.69 Å². The van der Waals surface area contributed by atoms with Crippen molar-refractivity contribution in [2.24, 2.45) is 0 Å². The summed E-state index contributed by atoms with van der Waals surface area (Å²) >= 11 is 5.00. The highest BCUT2D eigenvalue weighted by atomic mass is 35.5. The van der Waals surface area contributed by atoms with Crippen LogP contribution in [0, 0.1) is 0 Å². The Morgan fingerprint density at radius 1 is 1.27 bits per heavy atom. The predicted molar refractivity (Wildman–Crippen MR) is 64.9 cm³/mol. The van der Waals surface area contributed by atoms with Crippen molar-refractivity contribution < 1.29 is 13.9 Å². The summed E-state index contributed by atoms with van der Waals surface area (Å²) in [7, 11) is -3.13. The largest absolute Gasteiger partial charge is 0.412 e. The maximum atomic E-state index is 10.7. The Morgan fingerprint density at radius 2 is 1.67 bits per heavy atom. The van der Waals surface area contributed by atoms with E-state index in [1.54, 1.807) is 24.3 Å². The van der Waals surface area contributed by atoms with Crippen molar-refractivity contribution in [2.45, 2.75) is 6.92 Å². The Balaban J connectivity index is 0. The van der Waals surface area contributed by atoms with Crippen LogP contribution >= 0.6 is 11.6 Å². The Kier molecular flexibility index (Phi) is 9.46. The normalized spacial score (nSPS) is 9.27. The number of anilines is 1. The smallest absolute Gasteiger partial charge is 0.229 e. The van der Waals surface area contributed by atoms with Crippen LogP contribution in [0.15, 0.2) is 30.3 Å². The molecule has 0 aliphatic heterocycles. The molecule has 4 nitrogen and oxygen atoms in total. The van der Waals surface area contributed by atoms with E-state index in [1.807, 2.05) is 13.0 Å². The minimum Gasteiger partial charge on any atom is -0.412 e. The maximum absolute atomic E-state index is 10.7. The number of benzene rings is 1. The fraction of sp³-hybridized carbons (Fsp3) is 0.333. The van der Waals surface area contributed by atoms with Gasteiger partial charge in [-0.25, -0.2) is 8.42 Å². The summed E-state index contributed by atoms with van der Waals surface area (Å²) in [5.74, 6) is 0.722. The molecule has 1 rings (SSSR count). The Morgan fingerprint density at radius 3 is 2.00 bits per heavy atom. The average molecular weight is 254 g/mol. The summed E-state index contributed by atoms with van der Waals surface area (Å²) < 4.78 is 23.7. The molecular weight excluding hydrogens is 238 g/mol. The molecule has 1 aromatic rings. The molecule has 0 amide bonds. The van der Waals surface area contributed by atoms with E-state index in [2.05, 4.69) is 4.72 Å². The fourth-order valence-electron chi connectivity index (χ4n) is 0.720. The Hall–Kier alpha value is -0.780. The third-order valence-electron chi connectivity index (χ3n) is 1.08. The molecule has 0 bridgehead atoms. The predicted octanol–water partition coefficient (Wildman–Crippen LogP) is 1.48. The topological polar surface area (TPSA) is 77.7 Å². The first-order chi connectivity index (χ1) is 6.49. The Bertz CT molecular complexity index is 340. The SMILES string of the molecule is CCCl.CS(=O)(=O)Nc1ccccc1.O. The van der Waals surface area contributed by atoms with E-state index in [0.717, 1.165) is 12.1 Å². The van der Waals surface area contributed by atoms with Gasteiger partial charge in [0.1, 0.15) is 0 Å². The first-order valence-electron chi connectivity index (χ1n) is 4.08. The van der Waals surface area contributed by atoms with Crippen LogP contribution in [0.1, 0.15) is 6.92 Å². The van der Waals surface area contributed by atoms with Crippen LogP contribution in [0.25, 0.3) is 0 Å². The van der Waals surface area contributed by atoms with E-state index < -0.39 is 10.0 Å². The summed E-state index contributed by atoms with van der Waals surface area (Å²) in [6, 6.07) is 8.76. The third kappa shape index (κ3) is 11.1. The molecule has 0 radical (unpaired) electrons. The number of sulfonamides is 1.